The molecule has 0 unspecified atom stereocenters. The Kier molecular flexibility index (Phi) is 11.0. The molecule has 154 valence electrons. The average molecular weight is 392 g/mol. The number of carboxylic acid groups (broad SMARTS) is 1. The number of rotatable bonds is 13. The van der Waals surface area contributed by atoms with Crippen LogP contribution in [0.4, 0.5) is 4.79 Å². The van der Waals surface area contributed by atoms with Gasteiger partial charge in [0.15, 0.2) is 0 Å². The van der Waals surface area contributed by atoms with Crippen LogP contribution in [0.25, 0.3) is 0 Å². The van der Waals surface area contributed by atoms with Gasteiger partial charge in [0.05, 0.1) is 0 Å². The summed E-state index contributed by atoms with van der Waals surface area (Å²) >= 11 is 0. The minimum Gasteiger partial charge on any atom is -0.480 e. The molecule has 1 aromatic carbocycles. The molecule has 0 saturated heterocycles. The molecule has 8 nitrogen and oxygen atoms in total. The van der Waals surface area contributed by atoms with Crippen molar-refractivity contribution in [2.75, 3.05) is 6.54 Å². The molecule has 0 aliphatic rings. The van der Waals surface area contributed by atoms with Crippen LogP contribution in [0.15, 0.2) is 30.3 Å². The van der Waals surface area contributed by atoms with Crippen molar-refractivity contribution in [3.8, 4) is 0 Å². The number of carboxylic acids is 1. The molecule has 1 atom stereocenters. The summed E-state index contributed by atoms with van der Waals surface area (Å²) in [5, 5.41) is 14.1. The second-order valence-corrected chi connectivity index (χ2v) is 6.50. The Bertz CT molecular complexity index is 647. The quantitative estimate of drug-likeness (QED) is 0.443. The summed E-state index contributed by atoms with van der Waals surface area (Å²) < 4.78 is 5.09. The summed E-state index contributed by atoms with van der Waals surface area (Å²) in [5.41, 5.74) is 0.909. The van der Waals surface area contributed by atoms with Crippen molar-refractivity contribution in [3.05, 3.63) is 35.9 Å². The molecule has 28 heavy (non-hydrogen) atoms. The van der Waals surface area contributed by atoms with Gasteiger partial charge in [-0.3, -0.25) is 4.79 Å². The van der Waals surface area contributed by atoms with Gasteiger partial charge in [0.1, 0.15) is 18.4 Å². The standard InChI is InChI=1S/C20H28N2O6/c1-15(23)11-12-17(19(25)26)22-18(24)10-6-3-7-13-21-20(27)28-14-16-8-4-2-5-9-16/h2,4-5,8-9,17H,3,6-7,10-14H2,1H3,(H,21,27)(H,22,24)(H,25,26)/t17-/m1/s1. The fourth-order valence-electron chi connectivity index (χ4n) is 2.42. The maximum atomic E-state index is 11.8. The first-order valence-corrected chi connectivity index (χ1v) is 9.34. The van der Waals surface area contributed by atoms with E-state index in [2.05, 4.69) is 10.6 Å². The van der Waals surface area contributed by atoms with Crippen LogP contribution in [0, 0.1) is 0 Å². The number of Topliss-reactive ketones (excluding diaryl/α,β-unsaturated/α-hetero) is 1. The molecule has 0 fully saturated rings. The van der Waals surface area contributed by atoms with Crippen molar-refractivity contribution in [2.24, 2.45) is 0 Å². The summed E-state index contributed by atoms with van der Waals surface area (Å²) in [4.78, 5) is 45.4. The van der Waals surface area contributed by atoms with Crippen LogP contribution in [-0.2, 0) is 25.7 Å². The Morgan fingerprint density at radius 1 is 1.04 bits per heavy atom. The second-order valence-electron chi connectivity index (χ2n) is 6.50. The number of carbonyl (C=O) groups excluding carboxylic acids is 3. The maximum absolute atomic E-state index is 11.8. The lowest BCUT2D eigenvalue weighted by atomic mass is 10.1. The molecule has 0 bridgehead atoms. The third-order valence-electron chi connectivity index (χ3n) is 3.98. The molecule has 8 heteroatoms. The maximum Gasteiger partial charge on any atom is 0.407 e. The number of aliphatic carboxylic acids is 1. The van der Waals surface area contributed by atoms with Gasteiger partial charge in [-0.1, -0.05) is 36.8 Å². The Hall–Kier alpha value is -2.90. The lowest BCUT2D eigenvalue weighted by molar-refractivity contribution is -0.142. The molecule has 1 rings (SSSR count). The number of benzene rings is 1. The predicted molar refractivity (Wildman–Crippen MR) is 103 cm³/mol. The van der Waals surface area contributed by atoms with E-state index in [-0.39, 0.29) is 37.6 Å². The smallest absolute Gasteiger partial charge is 0.407 e. The van der Waals surface area contributed by atoms with Gasteiger partial charge in [-0.25, -0.2) is 9.59 Å². The Morgan fingerprint density at radius 3 is 2.39 bits per heavy atom. The molecule has 0 heterocycles. The largest absolute Gasteiger partial charge is 0.480 e. The number of hydrogen-bond acceptors (Lipinski definition) is 5. The SMILES string of the molecule is CC(=O)CC[C@@H](NC(=O)CCCCCNC(=O)OCc1ccccc1)C(=O)O. The minimum atomic E-state index is -1.15. The molecular formula is C20H28N2O6. The van der Waals surface area contributed by atoms with Crippen LogP contribution >= 0.6 is 0 Å². The average Bonchev–Trinajstić information content (AvgIpc) is 2.66. The van der Waals surface area contributed by atoms with Crippen molar-refractivity contribution in [3.63, 3.8) is 0 Å². The van der Waals surface area contributed by atoms with Crippen LogP contribution < -0.4 is 10.6 Å². The lowest BCUT2D eigenvalue weighted by Gasteiger charge is -2.13. The molecule has 0 spiro atoms. The molecule has 1 aromatic rings. The summed E-state index contributed by atoms with van der Waals surface area (Å²) in [5.74, 6) is -1.62. The zero-order valence-electron chi connectivity index (χ0n) is 16.1. The van der Waals surface area contributed by atoms with E-state index in [9.17, 15) is 19.2 Å². The van der Waals surface area contributed by atoms with Crippen molar-refractivity contribution in [1.29, 1.82) is 0 Å². The van der Waals surface area contributed by atoms with E-state index in [1.54, 1.807) is 0 Å². The Balaban J connectivity index is 2.09. The van der Waals surface area contributed by atoms with Crippen LogP contribution in [0.5, 0.6) is 0 Å². The first-order chi connectivity index (χ1) is 13.4. The number of carbonyl (C=O) groups is 4. The van der Waals surface area contributed by atoms with Gasteiger partial charge in [-0.15, -0.1) is 0 Å². The van der Waals surface area contributed by atoms with E-state index < -0.39 is 18.1 Å². The normalized spacial score (nSPS) is 11.3. The van der Waals surface area contributed by atoms with Crippen LogP contribution in [0.1, 0.15) is 51.0 Å². The number of hydrogen-bond donors (Lipinski definition) is 3. The highest BCUT2D eigenvalue weighted by molar-refractivity contribution is 5.84. The number of unbranched alkanes of at least 4 members (excludes halogenated alkanes) is 2. The van der Waals surface area contributed by atoms with E-state index in [4.69, 9.17) is 9.84 Å². The number of ether oxygens (including phenoxy) is 1. The van der Waals surface area contributed by atoms with Gasteiger partial charge in [0.2, 0.25) is 5.91 Å². The van der Waals surface area contributed by atoms with Gasteiger partial charge in [0.25, 0.3) is 0 Å². The van der Waals surface area contributed by atoms with E-state index in [0.717, 1.165) is 5.56 Å². The topological polar surface area (TPSA) is 122 Å². The first-order valence-electron chi connectivity index (χ1n) is 9.34. The highest BCUT2D eigenvalue weighted by atomic mass is 16.5. The van der Waals surface area contributed by atoms with Crippen molar-refractivity contribution >= 4 is 23.8 Å². The molecule has 0 saturated carbocycles. The zero-order valence-corrected chi connectivity index (χ0v) is 16.1. The summed E-state index contributed by atoms with van der Waals surface area (Å²) in [6.07, 6.45) is 1.87. The Morgan fingerprint density at radius 2 is 1.75 bits per heavy atom. The van der Waals surface area contributed by atoms with Crippen molar-refractivity contribution < 1.29 is 29.0 Å². The van der Waals surface area contributed by atoms with Gasteiger partial charge in [-0.2, -0.15) is 0 Å². The first kappa shape index (κ1) is 23.1. The fraction of sp³-hybridized carbons (Fsp3) is 0.500. The molecule has 3 N–H and O–H groups in total. The second kappa shape index (κ2) is 13.3. The van der Waals surface area contributed by atoms with Crippen LogP contribution in [0.2, 0.25) is 0 Å². The Labute approximate surface area is 164 Å². The van der Waals surface area contributed by atoms with E-state index in [1.807, 2.05) is 30.3 Å². The monoisotopic (exact) mass is 392 g/mol. The molecular weight excluding hydrogens is 364 g/mol. The van der Waals surface area contributed by atoms with Gasteiger partial charge >= 0.3 is 12.1 Å². The molecule has 0 radical (unpaired) electrons. The number of ketones is 1. The van der Waals surface area contributed by atoms with Crippen LogP contribution in [-0.4, -0.2) is 41.4 Å². The van der Waals surface area contributed by atoms with Crippen molar-refractivity contribution in [1.82, 2.24) is 10.6 Å². The van der Waals surface area contributed by atoms with Gasteiger partial charge < -0.3 is 25.3 Å². The minimum absolute atomic E-state index is 0.0887. The van der Waals surface area contributed by atoms with Gasteiger partial charge in [0, 0.05) is 19.4 Å². The number of amides is 2. The van der Waals surface area contributed by atoms with Crippen molar-refractivity contribution in [2.45, 2.75) is 58.1 Å². The summed E-state index contributed by atoms with van der Waals surface area (Å²) in [6, 6.07) is 8.32. The predicted octanol–water partition coefficient (Wildman–Crippen LogP) is 2.41. The number of nitrogens with one attached hydrogen (secondary N) is 2. The third-order valence-corrected chi connectivity index (χ3v) is 3.98. The van der Waals surface area contributed by atoms with E-state index in [1.165, 1.54) is 6.92 Å². The van der Waals surface area contributed by atoms with Gasteiger partial charge in [-0.05, 0) is 31.7 Å². The highest BCUT2D eigenvalue weighted by Gasteiger charge is 2.19. The van der Waals surface area contributed by atoms with E-state index in [0.29, 0.717) is 25.8 Å². The molecule has 0 aliphatic heterocycles. The number of alkyl carbamates (subject to hydrolysis) is 1. The molecule has 0 aromatic heterocycles. The molecule has 2 amide bonds. The summed E-state index contributed by atoms with van der Waals surface area (Å²) in [7, 11) is 0. The lowest BCUT2D eigenvalue weighted by Crippen LogP contribution is -2.40. The summed E-state index contributed by atoms with van der Waals surface area (Å²) in [6.45, 7) is 2.03. The van der Waals surface area contributed by atoms with E-state index >= 15 is 0 Å². The van der Waals surface area contributed by atoms with Crippen LogP contribution in [0.3, 0.4) is 0 Å². The third kappa shape index (κ3) is 10.9. The zero-order chi connectivity index (χ0) is 20.8. The molecule has 0 aliphatic carbocycles. The highest BCUT2D eigenvalue weighted by Crippen LogP contribution is 2.04. The fourth-order valence-corrected chi connectivity index (χ4v) is 2.42.